The van der Waals surface area contributed by atoms with E-state index in [9.17, 15) is 4.79 Å². The molecule has 0 aliphatic carbocycles. The summed E-state index contributed by atoms with van der Waals surface area (Å²) in [7, 11) is 0. The van der Waals surface area contributed by atoms with Gasteiger partial charge < -0.3 is 27.0 Å². The SMILES string of the molecule is C=CC(=O)O.Nc1nc(N)nc(NCO)n1. The summed E-state index contributed by atoms with van der Waals surface area (Å²) in [5, 5.41) is 18.4. The molecule has 9 nitrogen and oxygen atoms in total. The molecular weight excluding hydrogens is 216 g/mol. The molecule has 0 fully saturated rings. The molecule has 1 aromatic heterocycles. The van der Waals surface area contributed by atoms with E-state index in [2.05, 4.69) is 26.8 Å². The third kappa shape index (κ3) is 6.10. The van der Waals surface area contributed by atoms with Crippen LogP contribution in [0, 0.1) is 0 Å². The number of nitrogens with zero attached hydrogens (tertiary/aromatic N) is 3. The van der Waals surface area contributed by atoms with Crippen LogP contribution in [0.1, 0.15) is 0 Å². The molecule has 1 rings (SSSR count). The van der Waals surface area contributed by atoms with E-state index in [-0.39, 0.29) is 24.6 Å². The lowest BCUT2D eigenvalue weighted by Gasteiger charge is -2.00. The molecular formula is C7H12N6O3. The van der Waals surface area contributed by atoms with Crippen LogP contribution < -0.4 is 16.8 Å². The Morgan fingerprint density at radius 2 is 1.81 bits per heavy atom. The van der Waals surface area contributed by atoms with Gasteiger partial charge in [-0.05, 0) is 0 Å². The minimum Gasteiger partial charge on any atom is -0.478 e. The van der Waals surface area contributed by atoms with Crippen LogP contribution in [-0.2, 0) is 4.79 Å². The van der Waals surface area contributed by atoms with E-state index in [1.807, 2.05) is 0 Å². The first kappa shape index (κ1) is 13.6. The number of hydrogen-bond acceptors (Lipinski definition) is 8. The van der Waals surface area contributed by atoms with Crippen LogP contribution in [0.25, 0.3) is 0 Å². The molecule has 7 N–H and O–H groups in total. The molecule has 1 heterocycles. The number of nitrogen functional groups attached to an aromatic ring is 2. The number of carboxylic acid groups (broad SMARTS) is 1. The Morgan fingerprint density at radius 3 is 2.12 bits per heavy atom. The van der Waals surface area contributed by atoms with Crippen LogP contribution >= 0.6 is 0 Å². The van der Waals surface area contributed by atoms with Crippen molar-refractivity contribution in [3.05, 3.63) is 12.7 Å². The number of carbonyl (C=O) groups is 1. The molecule has 88 valence electrons. The second-order valence-electron chi connectivity index (χ2n) is 2.25. The normalized spacial score (nSPS) is 8.56. The number of carboxylic acids is 1. The van der Waals surface area contributed by atoms with Crippen LogP contribution in [0.5, 0.6) is 0 Å². The van der Waals surface area contributed by atoms with Gasteiger partial charge in [-0.25, -0.2) is 4.79 Å². The minimum absolute atomic E-state index is 0.0217. The third-order valence-corrected chi connectivity index (χ3v) is 1.08. The van der Waals surface area contributed by atoms with Crippen molar-refractivity contribution >= 4 is 23.8 Å². The van der Waals surface area contributed by atoms with Gasteiger partial charge in [-0.15, -0.1) is 0 Å². The van der Waals surface area contributed by atoms with Gasteiger partial charge in [0.05, 0.1) is 0 Å². The molecule has 0 aliphatic heterocycles. The molecule has 0 aromatic carbocycles. The minimum atomic E-state index is -0.981. The Hall–Kier alpha value is -2.42. The van der Waals surface area contributed by atoms with Gasteiger partial charge in [0.15, 0.2) is 0 Å². The van der Waals surface area contributed by atoms with E-state index in [0.29, 0.717) is 0 Å². The standard InChI is InChI=1S/C4H8N6O.C3H4O2/c5-2-8-3(6)10-4(9-2)7-1-11;1-2-3(4)5/h11H,1H2,(H5,5,6,7,8,9,10);2H,1H2,(H,4,5). The Bertz CT molecular complexity index is 349. The van der Waals surface area contributed by atoms with Gasteiger partial charge >= 0.3 is 5.97 Å². The molecule has 0 saturated carbocycles. The van der Waals surface area contributed by atoms with Crippen molar-refractivity contribution in [2.75, 3.05) is 23.5 Å². The van der Waals surface area contributed by atoms with E-state index in [1.165, 1.54) is 0 Å². The van der Waals surface area contributed by atoms with Crippen LogP contribution in [0.2, 0.25) is 0 Å². The average Bonchev–Trinajstić information content (AvgIpc) is 2.17. The number of aromatic nitrogens is 3. The van der Waals surface area contributed by atoms with Crippen LogP contribution in [0.4, 0.5) is 17.8 Å². The van der Waals surface area contributed by atoms with Crippen molar-refractivity contribution in [3.63, 3.8) is 0 Å². The fraction of sp³-hybridized carbons (Fsp3) is 0.143. The number of nitrogens with one attached hydrogen (secondary N) is 1. The van der Waals surface area contributed by atoms with Gasteiger partial charge in [-0.3, -0.25) is 0 Å². The van der Waals surface area contributed by atoms with Gasteiger partial charge in [-0.1, -0.05) is 6.58 Å². The average molecular weight is 228 g/mol. The lowest BCUT2D eigenvalue weighted by Crippen LogP contribution is -2.09. The molecule has 0 aliphatic rings. The summed E-state index contributed by atoms with van der Waals surface area (Å²) in [5.74, 6) is -0.774. The Labute approximate surface area is 90.8 Å². The van der Waals surface area contributed by atoms with Crippen molar-refractivity contribution in [3.8, 4) is 0 Å². The van der Waals surface area contributed by atoms with Gasteiger partial charge in [0.2, 0.25) is 17.8 Å². The molecule has 0 spiro atoms. The molecule has 0 saturated heterocycles. The summed E-state index contributed by atoms with van der Waals surface area (Å²) in [6, 6.07) is 0. The summed E-state index contributed by atoms with van der Waals surface area (Å²) in [6.45, 7) is 2.69. The molecule has 0 bridgehead atoms. The number of hydrogen-bond donors (Lipinski definition) is 5. The molecule has 0 amide bonds. The number of nitrogens with two attached hydrogens (primary N) is 2. The highest BCUT2D eigenvalue weighted by Crippen LogP contribution is 2.01. The first-order chi connectivity index (χ1) is 7.49. The van der Waals surface area contributed by atoms with Gasteiger partial charge in [0, 0.05) is 6.08 Å². The van der Waals surface area contributed by atoms with E-state index in [4.69, 9.17) is 21.7 Å². The fourth-order valence-corrected chi connectivity index (χ4v) is 0.559. The Kier molecular flexibility index (Phi) is 5.90. The van der Waals surface area contributed by atoms with Crippen molar-refractivity contribution in [1.29, 1.82) is 0 Å². The van der Waals surface area contributed by atoms with Gasteiger partial charge in [0.1, 0.15) is 6.73 Å². The zero-order valence-electron chi connectivity index (χ0n) is 8.29. The Morgan fingerprint density at radius 1 is 1.38 bits per heavy atom. The highest BCUT2D eigenvalue weighted by Gasteiger charge is 1.98. The first-order valence-corrected chi connectivity index (χ1v) is 3.96. The maximum atomic E-state index is 9.25. The smallest absolute Gasteiger partial charge is 0.327 e. The van der Waals surface area contributed by atoms with Crippen LogP contribution in [-0.4, -0.2) is 37.9 Å². The molecule has 9 heteroatoms. The molecule has 0 unspecified atom stereocenters. The lowest BCUT2D eigenvalue weighted by atomic mass is 10.7. The molecule has 1 aromatic rings. The molecule has 0 atom stereocenters. The largest absolute Gasteiger partial charge is 0.478 e. The quantitative estimate of drug-likeness (QED) is 0.311. The van der Waals surface area contributed by atoms with Crippen LogP contribution in [0.15, 0.2) is 12.7 Å². The number of aliphatic hydroxyl groups is 1. The van der Waals surface area contributed by atoms with E-state index in [1.54, 1.807) is 0 Å². The monoisotopic (exact) mass is 228 g/mol. The third-order valence-electron chi connectivity index (χ3n) is 1.08. The second-order valence-corrected chi connectivity index (χ2v) is 2.25. The summed E-state index contributed by atoms with van der Waals surface area (Å²) in [5.41, 5.74) is 10.5. The van der Waals surface area contributed by atoms with Crippen molar-refractivity contribution in [2.45, 2.75) is 0 Å². The lowest BCUT2D eigenvalue weighted by molar-refractivity contribution is -0.131. The highest BCUT2D eigenvalue weighted by molar-refractivity contribution is 5.78. The number of rotatable bonds is 3. The van der Waals surface area contributed by atoms with E-state index >= 15 is 0 Å². The first-order valence-electron chi connectivity index (χ1n) is 3.96. The highest BCUT2D eigenvalue weighted by atomic mass is 16.4. The second kappa shape index (κ2) is 6.95. The predicted molar refractivity (Wildman–Crippen MR) is 57.2 cm³/mol. The van der Waals surface area contributed by atoms with Gasteiger partial charge in [-0.2, -0.15) is 15.0 Å². The van der Waals surface area contributed by atoms with Crippen molar-refractivity contribution in [2.24, 2.45) is 0 Å². The van der Waals surface area contributed by atoms with Crippen LogP contribution in [0.3, 0.4) is 0 Å². The summed E-state index contributed by atoms with van der Waals surface area (Å²) in [4.78, 5) is 20.0. The maximum Gasteiger partial charge on any atom is 0.327 e. The van der Waals surface area contributed by atoms with Crippen molar-refractivity contribution in [1.82, 2.24) is 15.0 Å². The zero-order valence-corrected chi connectivity index (χ0v) is 8.29. The van der Waals surface area contributed by atoms with E-state index in [0.717, 1.165) is 6.08 Å². The number of anilines is 3. The van der Waals surface area contributed by atoms with Gasteiger partial charge in [0.25, 0.3) is 0 Å². The van der Waals surface area contributed by atoms with E-state index < -0.39 is 5.97 Å². The van der Waals surface area contributed by atoms with Crippen molar-refractivity contribution < 1.29 is 15.0 Å². The topological polar surface area (TPSA) is 160 Å². The number of aliphatic hydroxyl groups excluding tert-OH is 1. The number of aliphatic carboxylic acids is 1. The fourth-order valence-electron chi connectivity index (χ4n) is 0.559. The summed E-state index contributed by atoms with van der Waals surface area (Å²) in [6.07, 6.45) is 0.833. The summed E-state index contributed by atoms with van der Waals surface area (Å²) < 4.78 is 0. The summed E-state index contributed by atoms with van der Waals surface area (Å²) >= 11 is 0. The molecule has 0 radical (unpaired) electrons. The Balaban J connectivity index is 0.000000385. The molecule has 16 heavy (non-hydrogen) atoms. The predicted octanol–water partition coefficient (Wildman–Crippen LogP) is -1.35. The zero-order chi connectivity index (χ0) is 12.6. The maximum absolute atomic E-state index is 9.25.